The molecule has 138 valence electrons. The number of aromatic amines is 1. The van der Waals surface area contributed by atoms with Gasteiger partial charge in [0.2, 0.25) is 0 Å². The summed E-state index contributed by atoms with van der Waals surface area (Å²) in [5.74, 6) is 0.497. The van der Waals surface area contributed by atoms with Crippen LogP contribution in [0.1, 0.15) is 57.7 Å². The van der Waals surface area contributed by atoms with Crippen molar-refractivity contribution >= 4 is 38.6 Å². The molecule has 0 radical (unpaired) electrons. The quantitative estimate of drug-likeness (QED) is 0.584. The molecule has 1 amide bonds. The van der Waals surface area contributed by atoms with Crippen LogP contribution in [0, 0.1) is 0 Å². The normalized spacial score (nSPS) is 12.6. The molecule has 2 aromatic heterocycles. The third-order valence-electron chi connectivity index (χ3n) is 4.22. The van der Waals surface area contributed by atoms with Crippen LogP contribution in [0.3, 0.4) is 0 Å². The van der Waals surface area contributed by atoms with Crippen LogP contribution in [0.4, 0.5) is 5.82 Å². The van der Waals surface area contributed by atoms with Gasteiger partial charge in [0.25, 0.3) is 5.91 Å². The number of anilines is 1. The summed E-state index contributed by atoms with van der Waals surface area (Å²) in [7, 11) is 0. The second-order valence-corrected chi connectivity index (χ2v) is 9.35. The summed E-state index contributed by atoms with van der Waals surface area (Å²) in [5, 5.41) is 8.76. The van der Waals surface area contributed by atoms with Crippen LogP contribution in [0.25, 0.3) is 10.9 Å². The molecule has 0 fully saturated rings. The van der Waals surface area contributed by atoms with Crippen molar-refractivity contribution in [2.24, 2.45) is 0 Å². The summed E-state index contributed by atoms with van der Waals surface area (Å²) in [5.41, 5.74) is 2.02. The number of aromatic nitrogens is 3. The van der Waals surface area contributed by atoms with Gasteiger partial charge in [-0.2, -0.15) is 5.10 Å². The van der Waals surface area contributed by atoms with Crippen molar-refractivity contribution in [3.05, 3.63) is 46.2 Å². The van der Waals surface area contributed by atoms with Crippen LogP contribution < -0.4 is 5.32 Å². The van der Waals surface area contributed by atoms with Crippen LogP contribution in [-0.2, 0) is 11.0 Å². The van der Waals surface area contributed by atoms with Gasteiger partial charge in [0, 0.05) is 22.4 Å². The summed E-state index contributed by atoms with van der Waals surface area (Å²) in [6, 6.07) is 9.78. The monoisotopic (exact) mass is 416 g/mol. The van der Waals surface area contributed by atoms with E-state index >= 15 is 0 Å². The molecule has 26 heavy (non-hydrogen) atoms. The Morgan fingerprint density at radius 3 is 2.38 bits per heavy atom. The first kappa shape index (κ1) is 18.7. The topological polar surface area (TPSA) is 62.7 Å². The highest BCUT2D eigenvalue weighted by Crippen LogP contribution is 2.31. The number of nitrogens with one attached hydrogen (secondary N) is 2. The molecule has 0 aliphatic carbocycles. The number of hydrogen-bond acceptors (Lipinski definition) is 2. The van der Waals surface area contributed by atoms with E-state index in [1.807, 2.05) is 35.0 Å². The van der Waals surface area contributed by atoms with E-state index in [9.17, 15) is 4.79 Å². The molecule has 0 atom stereocenters. The summed E-state index contributed by atoms with van der Waals surface area (Å²) in [6.07, 6.45) is 0. The third-order valence-corrected chi connectivity index (χ3v) is 5.05. The second-order valence-electron chi connectivity index (χ2n) is 8.56. The number of carbonyl (C=O) groups excluding carboxylic acids is 1. The second kappa shape index (κ2) is 6.27. The Balaban J connectivity index is 2.01. The van der Waals surface area contributed by atoms with Gasteiger partial charge < -0.3 is 10.3 Å². The van der Waals surface area contributed by atoms with Crippen molar-refractivity contribution in [3.8, 4) is 0 Å². The minimum Gasteiger partial charge on any atom is -0.350 e. The molecular weight excluding hydrogens is 392 g/mol. The van der Waals surface area contributed by atoms with Crippen molar-refractivity contribution in [3.63, 3.8) is 0 Å². The van der Waals surface area contributed by atoms with Crippen LogP contribution in [-0.4, -0.2) is 20.7 Å². The number of rotatable bonds is 2. The fourth-order valence-corrected chi connectivity index (χ4v) is 3.42. The van der Waals surface area contributed by atoms with Gasteiger partial charge in [-0.1, -0.05) is 39.0 Å². The van der Waals surface area contributed by atoms with Gasteiger partial charge >= 0.3 is 0 Å². The smallest absolute Gasteiger partial charge is 0.274 e. The van der Waals surface area contributed by atoms with Crippen molar-refractivity contribution < 1.29 is 4.79 Å². The first-order valence-corrected chi connectivity index (χ1v) is 9.46. The zero-order valence-electron chi connectivity index (χ0n) is 16.1. The van der Waals surface area contributed by atoms with E-state index in [-0.39, 0.29) is 16.9 Å². The van der Waals surface area contributed by atoms with Gasteiger partial charge in [0.1, 0.15) is 11.5 Å². The number of amides is 1. The molecule has 1 aromatic carbocycles. The van der Waals surface area contributed by atoms with E-state index in [0.29, 0.717) is 11.5 Å². The van der Waals surface area contributed by atoms with E-state index in [0.717, 1.165) is 21.1 Å². The molecule has 2 N–H and O–H groups in total. The van der Waals surface area contributed by atoms with Gasteiger partial charge in [-0.3, -0.25) is 4.79 Å². The Morgan fingerprint density at radius 2 is 1.81 bits per heavy atom. The first-order valence-electron chi connectivity index (χ1n) is 8.67. The van der Waals surface area contributed by atoms with E-state index in [1.165, 1.54) is 0 Å². The van der Waals surface area contributed by atoms with Crippen molar-refractivity contribution in [2.75, 3.05) is 5.32 Å². The number of H-pyrrole nitrogens is 1. The number of para-hydroxylation sites is 1. The molecule has 0 bridgehead atoms. The summed E-state index contributed by atoms with van der Waals surface area (Å²) >= 11 is 3.55. The van der Waals surface area contributed by atoms with Gasteiger partial charge in [0.05, 0.1) is 15.7 Å². The maximum atomic E-state index is 12.9. The van der Waals surface area contributed by atoms with Crippen molar-refractivity contribution in [1.82, 2.24) is 14.8 Å². The van der Waals surface area contributed by atoms with E-state index < -0.39 is 0 Å². The fourth-order valence-electron chi connectivity index (χ4n) is 2.79. The van der Waals surface area contributed by atoms with Crippen LogP contribution in [0.15, 0.2) is 34.8 Å². The minimum absolute atomic E-state index is 0.0995. The molecule has 6 heteroatoms. The molecule has 0 unspecified atom stereocenters. The molecule has 0 aliphatic rings. The molecular formula is C20H25BrN4O. The molecule has 3 aromatic rings. The lowest BCUT2D eigenvalue weighted by Crippen LogP contribution is -2.27. The van der Waals surface area contributed by atoms with Crippen molar-refractivity contribution in [1.29, 1.82) is 0 Å². The lowest BCUT2D eigenvalue weighted by molar-refractivity contribution is 0.102. The summed E-state index contributed by atoms with van der Waals surface area (Å²) in [6.45, 7) is 12.6. The van der Waals surface area contributed by atoms with E-state index in [1.54, 1.807) is 0 Å². The average molecular weight is 417 g/mol. The maximum absolute atomic E-state index is 12.9. The Morgan fingerprint density at radius 1 is 1.15 bits per heavy atom. The fraction of sp³-hybridized carbons (Fsp3) is 0.400. The summed E-state index contributed by atoms with van der Waals surface area (Å²) in [4.78, 5) is 16.1. The van der Waals surface area contributed by atoms with Crippen LogP contribution >= 0.6 is 15.9 Å². The van der Waals surface area contributed by atoms with E-state index in [2.05, 4.69) is 67.8 Å². The van der Waals surface area contributed by atoms with Gasteiger partial charge in [0.15, 0.2) is 0 Å². The predicted octanol–water partition coefficient (Wildman–Crippen LogP) is 5.43. The van der Waals surface area contributed by atoms with Gasteiger partial charge in [-0.05, 0) is 42.8 Å². The highest BCUT2D eigenvalue weighted by Gasteiger charge is 2.26. The Bertz CT molecular complexity index is 970. The Hall–Kier alpha value is -2.08. The lowest BCUT2D eigenvalue weighted by Gasteiger charge is -2.23. The zero-order chi connectivity index (χ0) is 19.3. The molecule has 2 heterocycles. The Kier molecular flexibility index (Phi) is 4.51. The maximum Gasteiger partial charge on any atom is 0.274 e. The largest absolute Gasteiger partial charge is 0.350 e. The standard InChI is InChI=1S/C20H25BrN4O/c1-19(2,3)14-11-15(25(24-14)20(4,5)6)23-18(26)17-16(21)12-9-7-8-10-13(12)22-17/h7-11,22H,1-6H3,(H,23,26). The number of carbonyl (C=O) groups is 1. The number of nitrogens with zero attached hydrogens (tertiary/aromatic N) is 2. The minimum atomic E-state index is -0.246. The number of hydrogen-bond donors (Lipinski definition) is 2. The average Bonchev–Trinajstić information content (AvgIpc) is 3.09. The number of benzene rings is 1. The molecule has 0 saturated carbocycles. The molecule has 5 nitrogen and oxygen atoms in total. The highest BCUT2D eigenvalue weighted by atomic mass is 79.9. The van der Waals surface area contributed by atoms with Crippen molar-refractivity contribution in [2.45, 2.75) is 52.5 Å². The van der Waals surface area contributed by atoms with Gasteiger partial charge in [-0.25, -0.2) is 4.68 Å². The van der Waals surface area contributed by atoms with E-state index in [4.69, 9.17) is 5.10 Å². The number of fused-ring (bicyclic) bond motifs is 1. The van der Waals surface area contributed by atoms with Crippen LogP contribution in [0.5, 0.6) is 0 Å². The molecule has 0 spiro atoms. The molecule has 3 rings (SSSR count). The number of halogens is 1. The first-order chi connectivity index (χ1) is 12.0. The third kappa shape index (κ3) is 3.43. The van der Waals surface area contributed by atoms with Gasteiger partial charge in [-0.15, -0.1) is 0 Å². The predicted molar refractivity (Wildman–Crippen MR) is 110 cm³/mol. The Labute approximate surface area is 162 Å². The SMILES string of the molecule is CC(C)(C)c1cc(NC(=O)c2[nH]c3ccccc3c2Br)n(C(C)(C)C)n1. The molecule has 0 aliphatic heterocycles. The molecule has 0 saturated heterocycles. The highest BCUT2D eigenvalue weighted by molar-refractivity contribution is 9.10. The zero-order valence-corrected chi connectivity index (χ0v) is 17.7. The summed E-state index contributed by atoms with van der Waals surface area (Å²) < 4.78 is 2.64. The lowest BCUT2D eigenvalue weighted by atomic mass is 9.92. The van der Waals surface area contributed by atoms with Crippen LogP contribution in [0.2, 0.25) is 0 Å².